The minimum absolute atomic E-state index is 0.318. The maximum atomic E-state index is 12.9. The second-order valence-electron chi connectivity index (χ2n) is 6.79. The first kappa shape index (κ1) is 18.6. The maximum absolute atomic E-state index is 12.9. The average molecular weight is 368 g/mol. The standard InChI is InChI=1S/C18H28N2O4S/c1-23-17-5-2-6-18(14-17)25(21,22)20-8-3-4-16(7-9-20)15-19-10-12-24-13-11-19/h2,5-6,14,16H,3-4,7-13,15H2,1H3. The Labute approximate surface area is 150 Å². The third kappa shape index (κ3) is 4.73. The molecule has 0 bridgehead atoms. The Morgan fingerprint density at radius 3 is 2.72 bits per heavy atom. The summed E-state index contributed by atoms with van der Waals surface area (Å²) in [5.74, 6) is 1.13. The summed E-state index contributed by atoms with van der Waals surface area (Å²) in [4.78, 5) is 2.76. The minimum Gasteiger partial charge on any atom is -0.497 e. The molecule has 1 aromatic rings. The summed E-state index contributed by atoms with van der Waals surface area (Å²) in [6.45, 7) is 5.83. The fourth-order valence-corrected chi connectivity index (χ4v) is 5.15. The van der Waals surface area contributed by atoms with E-state index in [0.717, 1.165) is 52.1 Å². The van der Waals surface area contributed by atoms with Gasteiger partial charge in [0, 0.05) is 38.8 Å². The lowest BCUT2D eigenvalue weighted by molar-refractivity contribution is 0.0297. The van der Waals surface area contributed by atoms with Crippen molar-refractivity contribution in [3.8, 4) is 5.75 Å². The van der Waals surface area contributed by atoms with E-state index in [1.54, 1.807) is 35.7 Å². The monoisotopic (exact) mass is 368 g/mol. The van der Waals surface area contributed by atoms with Crippen molar-refractivity contribution in [3.63, 3.8) is 0 Å². The molecular weight excluding hydrogens is 340 g/mol. The van der Waals surface area contributed by atoms with Crippen LogP contribution in [0.2, 0.25) is 0 Å². The predicted molar refractivity (Wildman–Crippen MR) is 96.4 cm³/mol. The molecule has 7 heteroatoms. The van der Waals surface area contributed by atoms with E-state index in [-0.39, 0.29) is 0 Å². The number of ether oxygens (including phenoxy) is 2. The van der Waals surface area contributed by atoms with Gasteiger partial charge in [-0.3, -0.25) is 4.90 Å². The molecule has 0 radical (unpaired) electrons. The lowest BCUT2D eigenvalue weighted by Gasteiger charge is -2.30. The largest absolute Gasteiger partial charge is 0.497 e. The molecule has 6 nitrogen and oxygen atoms in total. The Balaban J connectivity index is 1.63. The smallest absolute Gasteiger partial charge is 0.243 e. The van der Waals surface area contributed by atoms with E-state index in [1.807, 2.05) is 0 Å². The summed E-state index contributed by atoms with van der Waals surface area (Å²) >= 11 is 0. The number of sulfonamides is 1. The van der Waals surface area contributed by atoms with Crippen LogP contribution in [-0.2, 0) is 14.8 Å². The second-order valence-corrected chi connectivity index (χ2v) is 8.73. The van der Waals surface area contributed by atoms with Crippen molar-refractivity contribution in [3.05, 3.63) is 24.3 Å². The van der Waals surface area contributed by atoms with Crippen molar-refractivity contribution in [2.24, 2.45) is 5.92 Å². The molecule has 0 N–H and O–H groups in total. The lowest BCUT2D eigenvalue weighted by atomic mass is 10.00. The maximum Gasteiger partial charge on any atom is 0.243 e. The molecule has 0 aliphatic carbocycles. The van der Waals surface area contributed by atoms with Crippen LogP contribution in [0.15, 0.2) is 29.2 Å². The van der Waals surface area contributed by atoms with Gasteiger partial charge in [-0.05, 0) is 37.3 Å². The highest BCUT2D eigenvalue weighted by molar-refractivity contribution is 7.89. The Kier molecular flexibility index (Phi) is 6.33. The number of nitrogens with zero attached hydrogens (tertiary/aromatic N) is 2. The summed E-state index contributed by atoms with van der Waals surface area (Å²) in [5.41, 5.74) is 0. The molecule has 0 amide bonds. The van der Waals surface area contributed by atoms with Crippen LogP contribution in [0.5, 0.6) is 5.75 Å². The topological polar surface area (TPSA) is 59.1 Å². The highest BCUT2D eigenvalue weighted by Gasteiger charge is 2.28. The molecular formula is C18H28N2O4S. The van der Waals surface area contributed by atoms with Crippen LogP contribution in [0.25, 0.3) is 0 Å². The second kappa shape index (κ2) is 8.49. The van der Waals surface area contributed by atoms with Crippen LogP contribution in [0.1, 0.15) is 19.3 Å². The number of methoxy groups -OCH3 is 1. The number of hydrogen-bond donors (Lipinski definition) is 0. The number of morpholine rings is 1. The molecule has 1 aromatic carbocycles. The van der Waals surface area contributed by atoms with Crippen LogP contribution < -0.4 is 4.74 Å². The molecule has 140 valence electrons. The zero-order valence-electron chi connectivity index (χ0n) is 14.9. The van der Waals surface area contributed by atoms with Gasteiger partial charge in [0.2, 0.25) is 10.0 Å². The Morgan fingerprint density at radius 1 is 1.16 bits per heavy atom. The first-order valence-corrected chi connectivity index (χ1v) is 10.5. The van der Waals surface area contributed by atoms with Gasteiger partial charge in [0.25, 0.3) is 0 Å². The summed E-state index contributed by atoms with van der Waals surface area (Å²) in [6.07, 6.45) is 2.92. The molecule has 3 rings (SSSR count). The molecule has 1 unspecified atom stereocenters. The van der Waals surface area contributed by atoms with Crippen LogP contribution in [0.4, 0.5) is 0 Å². The molecule has 2 heterocycles. The van der Waals surface area contributed by atoms with Gasteiger partial charge in [-0.25, -0.2) is 8.42 Å². The van der Waals surface area contributed by atoms with Crippen molar-refractivity contribution >= 4 is 10.0 Å². The van der Waals surface area contributed by atoms with Crippen LogP contribution in [0.3, 0.4) is 0 Å². The third-order valence-corrected chi connectivity index (χ3v) is 7.00. The highest BCUT2D eigenvalue weighted by atomic mass is 32.2. The third-order valence-electron chi connectivity index (χ3n) is 5.11. The molecule has 2 aliphatic heterocycles. The zero-order valence-corrected chi connectivity index (χ0v) is 15.7. The number of rotatable bonds is 5. The first-order chi connectivity index (χ1) is 12.1. The van der Waals surface area contributed by atoms with E-state index in [4.69, 9.17) is 9.47 Å². The van der Waals surface area contributed by atoms with E-state index < -0.39 is 10.0 Å². The molecule has 0 saturated carbocycles. The highest BCUT2D eigenvalue weighted by Crippen LogP contribution is 2.26. The van der Waals surface area contributed by atoms with Gasteiger partial charge in [0.05, 0.1) is 25.2 Å². The fraction of sp³-hybridized carbons (Fsp3) is 0.667. The molecule has 2 fully saturated rings. The average Bonchev–Trinajstić information content (AvgIpc) is 2.89. The quantitative estimate of drug-likeness (QED) is 0.793. The Bertz CT molecular complexity index is 659. The number of benzene rings is 1. The van der Waals surface area contributed by atoms with Crippen molar-refractivity contribution in [2.75, 3.05) is 53.0 Å². The number of hydrogen-bond acceptors (Lipinski definition) is 5. The summed E-state index contributed by atoms with van der Waals surface area (Å²) in [5, 5.41) is 0. The van der Waals surface area contributed by atoms with Gasteiger partial charge in [0.15, 0.2) is 0 Å². The van der Waals surface area contributed by atoms with Gasteiger partial charge < -0.3 is 9.47 Å². The van der Waals surface area contributed by atoms with E-state index in [1.165, 1.54) is 0 Å². The summed E-state index contributed by atoms with van der Waals surface area (Å²) in [6, 6.07) is 6.74. The van der Waals surface area contributed by atoms with Gasteiger partial charge in [0.1, 0.15) is 5.75 Å². The van der Waals surface area contributed by atoms with Crippen LogP contribution in [0, 0.1) is 5.92 Å². The van der Waals surface area contributed by atoms with Crippen LogP contribution in [-0.4, -0.2) is 70.7 Å². The Hall–Kier alpha value is -1.15. The molecule has 0 aromatic heterocycles. The minimum atomic E-state index is -3.45. The van der Waals surface area contributed by atoms with E-state index in [2.05, 4.69) is 4.90 Å². The summed E-state index contributed by atoms with van der Waals surface area (Å²) < 4.78 is 38.1. The van der Waals surface area contributed by atoms with E-state index in [9.17, 15) is 8.42 Å². The lowest BCUT2D eigenvalue weighted by Crippen LogP contribution is -2.39. The molecule has 0 spiro atoms. The van der Waals surface area contributed by atoms with Gasteiger partial charge >= 0.3 is 0 Å². The van der Waals surface area contributed by atoms with E-state index >= 15 is 0 Å². The van der Waals surface area contributed by atoms with Crippen molar-refractivity contribution in [2.45, 2.75) is 24.2 Å². The van der Waals surface area contributed by atoms with Crippen molar-refractivity contribution in [1.82, 2.24) is 9.21 Å². The molecule has 1 atom stereocenters. The molecule has 2 saturated heterocycles. The SMILES string of the molecule is COc1cccc(S(=O)(=O)N2CCCC(CN3CCOCC3)CC2)c1. The van der Waals surface area contributed by atoms with E-state index in [0.29, 0.717) is 29.7 Å². The zero-order chi connectivity index (χ0) is 17.7. The molecule has 2 aliphatic rings. The normalized spacial score (nSPS) is 24.0. The molecule has 25 heavy (non-hydrogen) atoms. The van der Waals surface area contributed by atoms with Crippen LogP contribution >= 0.6 is 0 Å². The summed E-state index contributed by atoms with van der Waals surface area (Å²) in [7, 11) is -1.91. The fourth-order valence-electron chi connectivity index (χ4n) is 3.62. The van der Waals surface area contributed by atoms with Gasteiger partial charge in [-0.15, -0.1) is 0 Å². The van der Waals surface area contributed by atoms with Crippen molar-refractivity contribution < 1.29 is 17.9 Å². The van der Waals surface area contributed by atoms with Gasteiger partial charge in [-0.1, -0.05) is 6.07 Å². The first-order valence-electron chi connectivity index (χ1n) is 9.04. The van der Waals surface area contributed by atoms with Crippen molar-refractivity contribution in [1.29, 1.82) is 0 Å². The Morgan fingerprint density at radius 2 is 1.96 bits per heavy atom. The van der Waals surface area contributed by atoms with Gasteiger partial charge in [-0.2, -0.15) is 4.31 Å². The predicted octanol–water partition coefficient (Wildman–Crippen LogP) is 1.82.